The van der Waals surface area contributed by atoms with E-state index in [-0.39, 0.29) is 11.9 Å². The van der Waals surface area contributed by atoms with Crippen molar-refractivity contribution in [3.05, 3.63) is 71.2 Å². The third-order valence-electron chi connectivity index (χ3n) is 6.91. The molecule has 0 bridgehead atoms. The Morgan fingerprint density at radius 3 is 2.64 bits per heavy atom. The van der Waals surface area contributed by atoms with Gasteiger partial charge in [-0.2, -0.15) is 0 Å². The predicted octanol–water partition coefficient (Wildman–Crippen LogP) is 4.71. The second kappa shape index (κ2) is 8.94. The lowest BCUT2D eigenvalue weighted by Crippen LogP contribution is -2.34. The molecular weight excluding hydrogens is 412 g/mol. The zero-order chi connectivity index (χ0) is 22.9. The summed E-state index contributed by atoms with van der Waals surface area (Å²) >= 11 is 0. The Labute approximate surface area is 195 Å². The number of para-hydroxylation sites is 1. The number of fused-ring (bicyclic) bond motifs is 1. The highest BCUT2D eigenvalue weighted by atomic mass is 16.5. The van der Waals surface area contributed by atoms with Gasteiger partial charge in [0, 0.05) is 36.8 Å². The Kier molecular flexibility index (Phi) is 5.85. The molecule has 3 aromatic rings. The number of likely N-dealkylation sites (tertiary alicyclic amines) is 1. The molecule has 1 aromatic heterocycles. The number of benzene rings is 2. The van der Waals surface area contributed by atoms with Crippen LogP contribution in [-0.2, 0) is 17.8 Å². The summed E-state index contributed by atoms with van der Waals surface area (Å²) in [7, 11) is 3.53. The molecular formula is C27H30N4O2. The largest absolute Gasteiger partial charge is 0.496 e. The number of hydrogen-bond donors (Lipinski definition) is 0. The highest BCUT2D eigenvalue weighted by molar-refractivity contribution is 5.94. The molecule has 2 aromatic carbocycles. The minimum absolute atomic E-state index is 0.130. The molecule has 0 N–H and O–H groups in total. The molecule has 0 spiro atoms. The number of anilines is 1. The van der Waals surface area contributed by atoms with Crippen molar-refractivity contribution in [3.8, 4) is 16.9 Å². The highest BCUT2D eigenvalue weighted by Crippen LogP contribution is 2.35. The minimum atomic E-state index is 0.130. The summed E-state index contributed by atoms with van der Waals surface area (Å²) in [5.74, 6) is 2.65. The van der Waals surface area contributed by atoms with Crippen LogP contribution in [0.25, 0.3) is 11.1 Å². The SMILES string of the molecule is COc1ccccc1-c1ccc(CN2CCC[C@H]2c2nc(C)c3c(n2)N(C)C(=O)CC3)cc1. The van der Waals surface area contributed by atoms with Crippen molar-refractivity contribution in [1.82, 2.24) is 14.9 Å². The molecule has 3 heterocycles. The average Bonchev–Trinajstić information content (AvgIpc) is 3.30. The molecule has 170 valence electrons. The van der Waals surface area contributed by atoms with E-state index in [2.05, 4.69) is 35.2 Å². The third kappa shape index (κ3) is 4.11. The van der Waals surface area contributed by atoms with Gasteiger partial charge < -0.3 is 4.74 Å². The van der Waals surface area contributed by atoms with Gasteiger partial charge in [0.05, 0.1) is 13.2 Å². The van der Waals surface area contributed by atoms with Gasteiger partial charge in [-0.25, -0.2) is 9.97 Å². The van der Waals surface area contributed by atoms with Crippen LogP contribution in [0.15, 0.2) is 48.5 Å². The first-order valence-electron chi connectivity index (χ1n) is 11.7. The molecule has 0 unspecified atom stereocenters. The lowest BCUT2D eigenvalue weighted by molar-refractivity contribution is -0.118. The fourth-order valence-electron chi connectivity index (χ4n) is 5.05. The lowest BCUT2D eigenvalue weighted by atomic mass is 10.0. The van der Waals surface area contributed by atoms with Crippen molar-refractivity contribution in [1.29, 1.82) is 0 Å². The number of carbonyl (C=O) groups is 1. The number of aryl methyl sites for hydroxylation is 1. The van der Waals surface area contributed by atoms with Crippen LogP contribution in [-0.4, -0.2) is 41.5 Å². The maximum Gasteiger partial charge on any atom is 0.228 e. The van der Waals surface area contributed by atoms with Crippen molar-refractivity contribution in [2.45, 2.75) is 45.2 Å². The zero-order valence-corrected chi connectivity index (χ0v) is 19.5. The molecule has 0 aliphatic carbocycles. The van der Waals surface area contributed by atoms with Gasteiger partial charge in [-0.05, 0) is 49.9 Å². The first kappa shape index (κ1) is 21.6. The van der Waals surface area contributed by atoms with E-state index in [0.717, 1.165) is 72.1 Å². The number of rotatable bonds is 5. The molecule has 1 fully saturated rings. The maximum absolute atomic E-state index is 12.2. The summed E-state index contributed by atoms with van der Waals surface area (Å²) in [5.41, 5.74) is 5.62. The molecule has 0 saturated carbocycles. The summed E-state index contributed by atoms with van der Waals surface area (Å²) in [6, 6.07) is 17.0. The van der Waals surface area contributed by atoms with Crippen LogP contribution in [0.2, 0.25) is 0 Å². The van der Waals surface area contributed by atoms with Gasteiger partial charge in [0.25, 0.3) is 0 Å². The van der Waals surface area contributed by atoms with E-state index in [0.29, 0.717) is 6.42 Å². The van der Waals surface area contributed by atoms with Crippen LogP contribution in [0.1, 0.15) is 47.9 Å². The van der Waals surface area contributed by atoms with E-state index in [4.69, 9.17) is 14.7 Å². The van der Waals surface area contributed by atoms with Crippen molar-refractivity contribution in [2.75, 3.05) is 25.6 Å². The van der Waals surface area contributed by atoms with Gasteiger partial charge in [-0.15, -0.1) is 0 Å². The van der Waals surface area contributed by atoms with E-state index >= 15 is 0 Å². The fraction of sp³-hybridized carbons (Fsp3) is 0.370. The number of amides is 1. The summed E-state index contributed by atoms with van der Waals surface area (Å²) < 4.78 is 5.52. The second-order valence-corrected chi connectivity index (χ2v) is 8.95. The Balaban J connectivity index is 1.37. The molecule has 1 amide bonds. The molecule has 1 saturated heterocycles. The van der Waals surface area contributed by atoms with Gasteiger partial charge >= 0.3 is 0 Å². The fourth-order valence-corrected chi connectivity index (χ4v) is 5.05. The quantitative estimate of drug-likeness (QED) is 0.573. The van der Waals surface area contributed by atoms with E-state index in [1.165, 1.54) is 5.56 Å². The van der Waals surface area contributed by atoms with Crippen molar-refractivity contribution < 1.29 is 9.53 Å². The van der Waals surface area contributed by atoms with E-state index in [1.54, 1.807) is 12.0 Å². The molecule has 5 rings (SSSR count). The number of hydrogen-bond acceptors (Lipinski definition) is 5. The van der Waals surface area contributed by atoms with E-state index in [9.17, 15) is 4.79 Å². The van der Waals surface area contributed by atoms with Crippen molar-refractivity contribution in [3.63, 3.8) is 0 Å². The molecule has 2 aliphatic heterocycles. The maximum atomic E-state index is 12.2. The molecule has 2 aliphatic rings. The third-order valence-corrected chi connectivity index (χ3v) is 6.91. The van der Waals surface area contributed by atoms with Crippen LogP contribution < -0.4 is 9.64 Å². The second-order valence-electron chi connectivity index (χ2n) is 8.95. The van der Waals surface area contributed by atoms with Gasteiger partial charge in [0.15, 0.2) is 0 Å². The minimum Gasteiger partial charge on any atom is -0.496 e. The molecule has 1 atom stereocenters. The summed E-state index contributed by atoms with van der Waals surface area (Å²) in [5, 5.41) is 0. The monoisotopic (exact) mass is 442 g/mol. The van der Waals surface area contributed by atoms with E-state index in [1.807, 2.05) is 32.2 Å². The molecule has 6 nitrogen and oxygen atoms in total. The number of carbonyl (C=O) groups excluding carboxylic acids is 1. The van der Waals surface area contributed by atoms with Crippen LogP contribution in [0.4, 0.5) is 5.82 Å². The van der Waals surface area contributed by atoms with Gasteiger partial charge in [-0.3, -0.25) is 14.6 Å². The normalized spacial score (nSPS) is 18.5. The number of nitrogens with zero attached hydrogens (tertiary/aromatic N) is 4. The first-order chi connectivity index (χ1) is 16.0. The lowest BCUT2D eigenvalue weighted by Gasteiger charge is -2.29. The smallest absolute Gasteiger partial charge is 0.228 e. The Hall–Kier alpha value is -3.25. The number of aromatic nitrogens is 2. The van der Waals surface area contributed by atoms with E-state index < -0.39 is 0 Å². The average molecular weight is 443 g/mol. The molecule has 0 radical (unpaired) electrons. The summed E-state index contributed by atoms with van der Waals surface area (Å²) in [4.78, 5) is 26.2. The number of ether oxygens (including phenoxy) is 1. The first-order valence-corrected chi connectivity index (χ1v) is 11.7. The topological polar surface area (TPSA) is 58.6 Å². The summed E-state index contributed by atoms with van der Waals surface area (Å²) in [6.45, 7) is 3.92. The van der Waals surface area contributed by atoms with Gasteiger partial charge in [0.1, 0.15) is 17.4 Å². The van der Waals surface area contributed by atoms with Crippen LogP contribution in [0.5, 0.6) is 5.75 Å². The molecule has 6 heteroatoms. The van der Waals surface area contributed by atoms with Crippen molar-refractivity contribution in [2.24, 2.45) is 0 Å². The zero-order valence-electron chi connectivity index (χ0n) is 19.5. The molecule has 33 heavy (non-hydrogen) atoms. The Morgan fingerprint density at radius 2 is 1.85 bits per heavy atom. The highest BCUT2D eigenvalue weighted by Gasteiger charge is 2.32. The Bertz CT molecular complexity index is 1180. The Morgan fingerprint density at radius 1 is 1.06 bits per heavy atom. The van der Waals surface area contributed by atoms with Gasteiger partial charge in [-0.1, -0.05) is 42.5 Å². The predicted molar refractivity (Wildman–Crippen MR) is 129 cm³/mol. The summed E-state index contributed by atoms with van der Waals surface area (Å²) in [6.07, 6.45) is 3.43. The van der Waals surface area contributed by atoms with Crippen molar-refractivity contribution >= 4 is 11.7 Å². The van der Waals surface area contributed by atoms with Gasteiger partial charge in [0.2, 0.25) is 5.91 Å². The van der Waals surface area contributed by atoms with Crippen LogP contribution >= 0.6 is 0 Å². The number of methoxy groups -OCH3 is 1. The standard InChI is InChI=1S/C27H30N4O2/c1-18-21-14-15-25(32)30(2)27(21)29-26(28-18)23-8-6-16-31(23)17-19-10-12-20(13-11-19)22-7-4-5-9-24(22)33-3/h4-5,7,9-13,23H,6,8,14-17H2,1-3H3/t23-/m0/s1. The van der Waals surface area contributed by atoms with Crippen LogP contribution in [0.3, 0.4) is 0 Å². The van der Waals surface area contributed by atoms with Crippen LogP contribution in [0, 0.1) is 6.92 Å².